The normalized spacial score (nSPS) is 20.6. The van der Waals surface area contributed by atoms with Crippen LogP contribution in [-0.2, 0) is 16.0 Å². The standard InChI is InChI=1S/C19H26FNO3/c1-2-10-21(11-9-14-5-3-8-17(20)12-14)18(22)15-6-4-7-16(13-15)19(23)24/h3,5,8,12,15-16H,2,4,6-7,9-11,13H2,1H3,(H,23,24). The Kier molecular flexibility index (Phi) is 6.76. The van der Waals surface area contributed by atoms with Crippen molar-refractivity contribution in [3.05, 3.63) is 35.6 Å². The van der Waals surface area contributed by atoms with Crippen LogP contribution in [-0.4, -0.2) is 35.0 Å². The highest BCUT2D eigenvalue weighted by Gasteiger charge is 2.33. The number of rotatable bonds is 7. The average molecular weight is 335 g/mol. The van der Waals surface area contributed by atoms with Crippen LogP contribution in [0.1, 0.15) is 44.6 Å². The lowest BCUT2D eigenvalue weighted by molar-refractivity contribution is -0.145. The summed E-state index contributed by atoms with van der Waals surface area (Å²) in [6.07, 6.45) is 4.12. The van der Waals surface area contributed by atoms with Gasteiger partial charge in [-0.15, -0.1) is 0 Å². The maximum absolute atomic E-state index is 13.3. The van der Waals surface area contributed by atoms with Crippen LogP contribution in [0.2, 0.25) is 0 Å². The molecule has 1 aliphatic rings. The second-order valence-corrected chi connectivity index (χ2v) is 6.60. The van der Waals surface area contributed by atoms with Crippen molar-refractivity contribution in [2.75, 3.05) is 13.1 Å². The number of hydrogen-bond acceptors (Lipinski definition) is 2. The van der Waals surface area contributed by atoms with Crippen LogP contribution >= 0.6 is 0 Å². The van der Waals surface area contributed by atoms with E-state index in [4.69, 9.17) is 0 Å². The van der Waals surface area contributed by atoms with Crippen LogP contribution in [0.25, 0.3) is 0 Å². The van der Waals surface area contributed by atoms with E-state index in [0.29, 0.717) is 32.4 Å². The molecular weight excluding hydrogens is 309 g/mol. The molecule has 1 saturated carbocycles. The first-order valence-corrected chi connectivity index (χ1v) is 8.77. The molecule has 2 atom stereocenters. The fourth-order valence-corrected chi connectivity index (χ4v) is 3.46. The zero-order chi connectivity index (χ0) is 17.5. The van der Waals surface area contributed by atoms with Gasteiger partial charge in [0.15, 0.2) is 0 Å². The first-order chi connectivity index (χ1) is 11.5. The van der Waals surface area contributed by atoms with E-state index in [0.717, 1.165) is 24.8 Å². The van der Waals surface area contributed by atoms with E-state index in [2.05, 4.69) is 0 Å². The molecule has 0 radical (unpaired) electrons. The highest BCUT2D eigenvalue weighted by molar-refractivity contribution is 5.80. The average Bonchev–Trinajstić information content (AvgIpc) is 2.58. The Labute approximate surface area is 142 Å². The summed E-state index contributed by atoms with van der Waals surface area (Å²) in [6.45, 7) is 3.22. The van der Waals surface area contributed by atoms with E-state index >= 15 is 0 Å². The third-order valence-electron chi connectivity index (χ3n) is 4.74. The Morgan fingerprint density at radius 1 is 1.25 bits per heavy atom. The van der Waals surface area contributed by atoms with Crippen LogP contribution in [0, 0.1) is 17.7 Å². The van der Waals surface area contributed by atoms with Crippen molar-refractivity contribution in [2.24, 2.45) is 11.8 Å². The fourth-order valence-electron chi connectivity index (χ4n) is 3.46. The predicted molar refractivity (Wildman–Crippen MR) is 90.1 cm³/mol. The summed E-state index contributed by atoms with van der Waals surface area (Å²) in [5.74, 6) is -1.61. The summed E-state index contributed by atoms with van der Waals surface area (Å²) in [5, 5.41) is 9.20. The topological polar surface area (TPSA) is 57.6 Å². The second-order valence-electron chi connectivity index (χ2n) is 6.60. The largest absolute Gasteiger partial charge is 0.481 e. The lowest BCUT2D eigenvalue weighted by Crippen LogP contribution is -2.40. The number of benzene rings is 1. The van der Waals surface area contributed by atoms with Gasteiger partial charge in [0.1, 0.15) is 5.82 Å². The molecule has 2 rings (SSSR count). The van der Waals surface area contributed by atoms with Crippen molar-refractivity contribution in [2.45, 2.75) is 45.4 Å². The first-order valence-electron chi connectivity index (χ1n) is 8.77. The fraction of sp³-hybridized carbons (Fsp3) is 0.579. The van der Waals surface area contributed by atoms with Gasteiger partial charge in [0.25, 0.3) is 0 Å². The van der Waals surface area contributed by atoms with Crippen molar-refractivity contribution >= 4 is 11.9 Å². The lowest BCUT2D eigenvalue weighted by atomic mass is 9.80. The molecule has 5 heteroatoms. The molecular formula is C19H26FNO3. The number of nitrogens with zero attached hydrogens (tertiary/aromatic N) is 1. The summed E-state index contributed by atoms with van der Waals surface area (Å²) in [4.78, 5) is 25.8. The summed E-state index contributed by atoms with van der Waals surface area (Å²) >= 11 is 0. The minimum absolute atomic E-state index is 0.0548. The zero-order valence-corrected chi connectivity index (χ0v) is 14.2. The molecule has 2 unspecified atom stereocenters. The van der Waals surface area contributed by atoms with Gasteiger partial charge in [-0.3, -0.25) is 9.59 Å². The number of carbonyl (C=O) groups is 2. The molecule has 0 aliphatic heterocycles. The molecule has 0 heterocycles. The van der Waals surface area contributed by atoms with Crippen molar-refractivity contribution in [3.8, 4) is 0 Å². The van der Waals surface area contributed by atoms with E-state index in [9.17, 15) is 19.1 Å². The second kappa shape index (κ2) is 8.81. The first kappa shape index (κ1) is 18.4. The van der Waals surface area contributed by atoms with Gasteiger partial charge in [-0.05, 0) is 49.8 Å². The highest BCUT2D eigenvalue weighted by atomic mass is 19.1. The summed E-state index contributed by atoms with van der Waals surface area (Å²) in [7, 11) is 0. The smallest absolute Gasteiger partial charge is 0.306 e. The third kappa shape index (κ3) is 5.05. The monoisotopic (exact) mass is 335 g/mol. The molecule has 0 bridgehead atoms. The predicted octanol–water partition coefficient (Wildman–Crippen LogP) is 3.50. The molecule has 1 aromatic rings. The van der Waals surface area contributed by atoms with E-state index < -0.39 is 11.9 Å². The SMILES string of the molecule is CCCN(CCc1cccc(F)c1)C(=O)C1CCCC(C(=O)O)C1. The van der Waals surface area contributed by atoms with Crippen LogP contribution in [0.3, 0.4) is 0 Å². The van der Waals surface area contributed by atoms with Crippen molar-refractivity contribution < 1.29 is 19.1 Å². The summed E-state index contributed by atoms with van der Waals surface area (Å²) < 4.78 is 13.3. The van der Waals surface area contributed by atoms with Crippen LogP contribution in [0.5, 0.6) is 0 Å². The Bertz CT molecular complexity index is 575. The van der Waals surface area contributed by atoms with Gasteiger partial charge in [0.05, 0.1) is 5.92 Å². The van der Waals surface area contributed by atoms with Gasteiger partial charge in [-0.1, -0.05) is 25.5 Å². The van der Waals surface area contributed by atoms with Gasteiger partial charge in [0, 0.05) is 19.0 Å². The minimum Gasteiger partial charge on any atom is -0.481 e. The number of amides is 1. The Morgan fingerprint density at radius 3 is 2.67 bits per heavy atom. The molecule has 0 aromatic heterocycles. The molecule has 4 nitrogen and oxygen atoms in total. The van der Waals surface area contributed by atoms with E-state index in [1.165, 1.54) is 12.1 Å². The number of carboxylic acid groups (broad SMARTS) is 1. The molecule has 1 N–H and O–H groups in total. The van der Waals surface area contributed by atoms with E-state index in [1.54, 1.807) is 6.07 Å². The molecule has 1 amide bonds. The molecule has 0 spiro atoms. The van der Waals surface area contributed by atoms with Gasteiger partial charge in [-0.2, -0.15) is 0 Å². The van der Waals surface area contributed by atoms with E-state index in [-0.39, 0.29) is 17.6 Å². The zero-order valence-electron chi connectivity index (χ0n) is 14.2. The number of hydrogen-bond donors (Lipinski definition) is 1. The van der Waals surface area contributed by atoms with E-state index in [1.807, 2.05) is 17.9 Å². The summed E-state index contributed by atoms with van der Waals surface area (Å²) in [5.41, 5.74) is 0.871. The number of aliphatic carboxylic acids is 1. The molecule has 132 valence electrons. The molecule has 1 aliphatic carbocycles. The minimum atomic E-state index is -0.797. The van der Waals surface area contributed by atoms with Crippen LogP contribution in [0.4, 0.5) is 4.39 Å². The van der Waals surface area contributed by atoms with Crippen molar-refractivity contribution in [1.29, 1.82) is 0 Å². The van der Waals surface area contributed by atoms with Crippen LogP contribution in [0.15, 0.2) is 24.3 Å². The maximum atomic E-state index is 13.3. The van der Waals surface area contributed by atoms with Crippen molar-refractivity contribution in [3.63, 3.8) is 0 Å². The number of carboxylic acids is 1. The molecule has 1 fully saturated rings. The number of halogens is 1. The molecule has 1 aromatic carbocycles. The third-order valence-corrected chi connectivity index (χ3v) is 4.74. The van der Waals surface area contributed by atoms with Gasteiger partial charge in [-0.25, -0.2) is 4.39 Å². The van der Waals surface area contributed by atoms with Gasteiger partial charge < -0.3 is 10.0 Å². The summed E-state index contributed by atoms with van der Waals surface area (Å²) in [6, 6.07) is 6.44. The lowest BCUT2D eigenvalue weighted by Gasteiger charge is -2.31. The number of carbonyl (C=O) groups excluding carboxylic acids is 1. The quantitative estimate of drug-likeness (QED) is 0.830. The molecule has 0 saturated heterocycles. The van der Waals surface area contributed by atoms with Gasteiger partial charge in [0.2, 0.25) is 5.91 Å². The Hall–Kier alpha value is -1.91. The maximum Gasteiger partial charge on any atom is 0.306 e. The Balaban J connectivity index is 1.98. The van der Waals surface area contributed by atoms with Crippen molar-refractivity contribution in [1.82, 2.24) is 4.90 Å². The molecule has 24 heavy (non-hydrogen) atoms. The van der Waals surface area contributed by atoms with Gasteiger partial charge >= 0.3 is 5.97 Å². The Morgan fingerprint density at radius 2 is 2.00 bits per heavy atom. The van der Waals surface area contributed by atoms with Crippen LogP contribution < -0.4 is 0 Å². The highest BCUT2D eigenvalue weighted by Crippen LogP contribution is 2.30.